The first-order valence-corrected chi connectivity index (χ1v) is 6.98. The van der Waals surface area contributed by atoms with Gasteiger partial charge in [-0.05, 0) is 32.1 Å². The molecule has 0 aromatic carbocycles. The van der Waals surface area contributed by atoms with Gasteiger partial charge in [0.1, 0.15) is 0 Å². The summed E-state index contributed by atoms with van der Waals surface area (Å²) in [5, 5.41) is 0. The summed E-state index contributed by atoms with van der Waals surface area (Å²) in [4.78, 5) is 2.59. The van der Waals surface area contributed by atoms with Crippen LogP contribution >= 0.6 is 24.2 Å². The monoisotopic (exact) mass is 252 g/mol. The summed E-state index contributed by atoms with van der Waals surface area (Å²) in [6.45, 7) is 6.86. The average Bonchev–Trinajstić information content (AvgIpc) is 2.19. The lowest BCUT2D eigenvalue weighted by Crippen LogP contribution is -2.49. The van der Waals surface area contributed by atoms with E-state index in [2.05, 4.69) is 18.7 Å². The minimum absolute atomic E-state index is 0. The van der Waals surface area contributed by atoms with E-state index in [1.54, 1.807) is 0 Å². The summed E-state index contributed by atoms with van der Waals surface area (Å²) in [6, 6.07) is 0.975. The quantitative estimate of drug-likeness (QED) is 0.762. The molecule has 0 saturated carbocycles. The van der Waals surface area contributed by atoms with E-state index >= 15 is 0 Å². The van der Waals surface area contributed by atoms with Crippen molar-refractivity contribution in [2.24, 2.45) is 5.73 Å². The highest BCUT2D eigenvalue weighted by Crippen LogP contribution is 2.19. The molecule has 2 atom stereocenters. The third kappa shape index (κ3) is 5.43. The lowest BCUT2D eigenvalue weighted by atomic mass is 9.97. The summed E-state index contributed by atoms with van der Waals surface area (Å²) in [7, 11) is 0. The molecule has 0 aromatic heterocycles. The second kappa shape index (κ2) is 8.68. The number of likely N-dealkylation sites (tertiary alicyclic amines) is 1. The lowest BCUT2D eigenvalue weighted by molar-refractivity contribution is 0.139. The number of hydrogen-bond acceptors (Lipinski definition) is 3. The smallest absolute Gasteiger partial charge is 0.0244 e. The van der Waals surface area contributed by atoms with Gasteiger partial charge < -0.3 is 5.73 Å². The third-order valence-corrected chi connectivity index (χ3v) is 3.88. The molecule has 92 valence electrons. The normalized spacial score (nSPS) is 24.6. The Balaban J connectivity index is 0.00000196. The van der Waals surface area contributed by atoms with Gasteiger partial charge in [0.05, 0.1) is 0 Å². The predicted molar refractivity (Wildman–Crippen MR) is 73.1 cm³/mol. The molecule has 0 aromatic rings. The number of hydrogen-bond donors (Lipinski definition) is 1. The highest BCUT2D eigenvalue weighted by Gasteiger charge is 2.24. The van der Waals surface area contributed by atoms with Gasteiger partial charge in [-0.25, -0.2) is 0 Å². The topological polar surface area (TPSA) is 29.3 Å². The van der Waals surface area contributed by atoms with Crippen molar-refractivity contribution in [3.8, 4) is 0 Å². The van der Waals surface area contributed by atoms with E-state index in [9.17, 15) is 0 Å². The molecule has 0 spiro atoms. The summed E-state index contributed by atoms with van der Waals surface area (Å²) < 4.78 is 0. The van der Waals surface area contributed by atoms with Gasteiger partial charge >= 0.3 is 0 Å². The summed E-state index contributed by atoms with van der Waals surface area (Å²) in [5.41, 5.74) is 6.01. The molecule has 0 aliphatic carbocycles. The second-order valence-corrected chi connectivity index (χ2v) is 5.55. The fraction of sp³-hybridized carbons (Fsp3) is 1.00. The maximum absolute atomic E-state index is 6.01. The average molecular weight is 253 g/mol. The summed E-state index contributed by atoms with van der Waals surface area (Å²) >= 11 is 2.03. The summed E-state index contributed by atoms with van der Waals surface area (Å²) in [6.07, 6.45) is 4.03. The zero-order chi connectivity index (χ0) is 10.4. The number of nitrogens with zero attached hydrogens (tertiary/aromatic N) is 1. The Hall–Kier alpha value is 0.560. The van der Waals surface area contributed by atoms with Crippen LogP contribution in [0.15, 0.2) is 0 Å². The van der Waals surface area contributed by atoms with Crippen LogP contribution in [0.3, 0.4) is 0 Å². The van der Waals surface area contributed by atoms with Crippen molar-refractivity contribution in [3.05, 3.63) is 0 Å². The molecule has 1 fully saturated rings. The minimum atomic E-state index is 0. The number of nitrogens with two attached hydrogens (primary N) is 1. The Morgan fingerprint density at radius 3 is 2.80 bits per heavy atom. The second-order valence-electron chi connectivity index (χ2n) is 4.16. The van der Waals surface area contributed by atoms with E-state index in [0.29, 0.717) is 12.1 Å². The van der Waals surface area contributed by atoms with Crippen molar-refractivity contribution in [1.82, 2.24) is 4.90 Å². The first-order valence-electron chi connectivity index (χ1n) is 5.83. The molecular formula is C11H25ClN2S. The minimum Gasteiger partial charge on any atom is -0.327 e. The maximum Gasteiger partial charge on any atom is 0.0244 e. The molecular weight excluding hydrogens is 228 g/mol. The van der Waals surface area contributed by atoms with E-state index in [-0.39, 0.29) is 12.4 Å². The Kier molecular flexibility index (Phi) is 9.01. The number of piperidine rings is 1. The van der Waals surface area contributed by atoms with Crippen molar-refractivity contribution in [2.45, 2.75) is 45.2 Å². The van der Waals surface area contributed by atoms with Gasteiger partial charge in [0, 0.05) is 24.4 Å². The molecule has 1 rings (SSSR count). The van der Waals surface area contributed by atoms with Crippen LogP contribution in [0.1, 0.15) is 33.1 Å². The van der Waals surface area contributed by atoms with Crippen LogP contribution in [0.25, 0.3) is 0 Å². The fourth-order valence-electron chi connectivity index (χ4n) is 2.22. The molecule has 0 radical (unpaired) electrons. The van der Waals surface area contributed by atoms with E-state index in [1.165, 1.54) is 43.9 Å². The Labute approximate surface area is 105 Å². The van der Waals surface area contributed by atoms with E-state index < -0.39 is 0 Å². The molecule has 1 aliphatic heterocycles. The number of thioether (sulfide) groups is 1. The highest BCUT2D eigenvalue weighted by atomic mass is 35.5. The third-order valence-electron chi connectivity index (χ3n) is 3.00. The number of rotatable bonds is 5. The molecule has 0 amide bonds. The first kappa shape index (κ1) is 15.6. The van der Waals surface area contributed by atoms with Gasteiger partial charge in [-0.2, -0.15) is 11.8 Å². The van der Waals surface area contributed by atoms with Crippen molar-refractivity contribution < 1.29 is 0 Å². The van der Waals surface area contributed by atoms with E-state index in [0.717, 1.165) is 0 Å². The van der Waals surface area contributed by atoms with Crippen LogP contribution in [0.5, 0.6) is 0 Å². The Bertz CT molecular complexity index is 156. The van der Waals surface area contributed by atoms with Crippen LogP contribution in [-0.4, -0.2) is 41.6 Å². The molecule has 0 bridgehead atoms. The summed E-state index contributed by atoms with van der Waals surface area (Å²) in [5.74, 6) is 2.50. The first-order chi connectivity index (χ1) is 6.75. The maximum atomic E-state index is 6.01. The van der Waals surface area contributed by atoms with Gasteiger partial charge in [0.15, 0.2) is 0 Å². The molecule has 1 heterocycles. The largest absolute Gasteiger partial charge is 0.327 e. The van der Waals surface area contributed by atoms with Crippen molar-refractivity contribution in [1.29, 1.82) is 0 Å². The van der Waals surface area contributed by atoms with Crippen LogP contribution in [0, 0.1) is 0 Å². The molecule has 1 saturated heterocycles. The van der Waals surface area contributed by atoms with Crippen molar-refractivity contribution in [3.63, 3.8) is 0 Å². The highest BCUT2D eigenvalue weighted by molar-refractivity contribution is 7.99. The Morgan fingerprint density at radius 2 is 2.20 bits per heavy atom. The zero-order valence-corrected chi connectivity index (χ0v) is 11.6. The standard InChI is InChI=1S/C11H24N2S.ClH/c1-3-14-9-8-13-7-5-4-6-11(13)10(2)12;/h10-11H,3-9,12H2,1-2H3;1H. The Morgan fingerprint density at radius 1 is 1.47 bits per heavy atom. The number of halogens is 1. The molecule has 2 unspecified atom stereocenters. The lowest BCUT2D eigenvalue weighted by Gasteiger charge is -2.37. The SMILES string of the molecule is CCSCCN1CCCCC1C(C)N.Cl. The van der Waals surface area contributed by atoms with Crippen LogP contribution < -0.4 is 5.73 Å². The van der Waals surface area contributed by atoms with Crippen LogP contribution in [-0.2, 0) is 0 Å². The van der Waals surface area contributed by atoms with Gasteiger partial charge in [0.2, 0.25) is 0 Å². The predicted octanol–water partition coefficient (Wildman–Crippen LogP) is 2.36. The van der Waals surface area contributed by atoms with Crippen LogP contribution in [0.2, 0.25) is 0 Å². The fourth-order valence-corrected chi connectivity index (χ4v) is 2.87. The van der Waals surface area contributed by atoms with Gasteiger partial charge in [-0.1, -0.05) is 13.3 Å². The van der Waals surface area contributed by atoms with E-state index in [1.807, 2.05) is 11.8 Å². The van der Waals surface area contributed by atoms with Gasteiger partial charge in [-0.15, -0.1) is 12.4 Å². The molecule has 1 aliphatic rings. The van der Waals surface area contributed by atoms with Crippen LogP contribution in [0.4, 0.5) is 0 Å². The van der Waals surface area contributed by atoms with Gasteiger partial charge in [-0.3, -0.25) is 4.90 Å². The zero-order valence-electron chi connectivity index (χ0n) is 9.95. The van der Waals surface area contributed by atoms with Crippen molar-refractivity contribution in [2.75, 3.05) is 24.6 Å². The van der Waals surface area contributed by atoms with E-state index in [4.69, 9.17) is 5.73 Å². The molecule has 2 nitrogen and oxygen atoms in total. The molecule has 15 heavy (non-hydrogen) atoms. The molecule has 2 N–H and O–H groups in total. The van der Waals surface area contributed by atoms with Gasteiger partial charge in [0.25, 0.3) is 0 Å². The molecule has 4 heteroatoms. The van der Waals surface area contributed by atoms with Crippen molar-refractivity contribution >= 4 is 24.2 Å².